The lowest BCUT2D eigenvalue weighted by molar-refractivity contribution is -0.121. The van der Waals surface area contributed by atoms with Crippen LogP contribution in [0, 0.1) is 5.92 Å². The number of amides is 1. The van der Waals surface area contributed by atoms with Crippen molar-refractivity contribution in [2.45, 2.75) is 26.2 Å². The van der Waals surface area contributed by atoms with Crippen LogP contribution in [0.5, 0.6) is 11.5 Å². The van der Waals surface area contributed by atoms with Crippen molar-refractivity contribution in [1.29, 1.82) is 0 Å². The lowest BCUT2D eigenvalue weighted by Crippen LogP contribution is -2.21. The Morgan fingerprint density at radius 3 is 2.92 bits per heavy atom. The molecule has 0 aromatic heterocycles. The van der Waals surface area contributed by atoms with Crippen LogP contribution in [-0.4, -0.2) is 43.8 Å². The summed E-state index contributed by atoms with van der Waals surface area (Å²) in [5, 5.41) is 13.7. The Balaban J connectivity index is 1.84. The number of carbonyl (C=O) groups is 1. The van der Waals surface area contributed by atoms with Crippen molar-refractivity contribution in [2.24, 2.45) is 11.0 Å². The van der Waals surface area contributed by atoms with Gasteiger partial charge in [-0.3, -0.25) is 4.79 Å². The van der Waals surface area contributed by atoms with E-state index in [4.69, 9.17) is 4.74 Å². The van der Waals surface area contributed by atoms with Crippen LogP contribution < -0.4 is 10.2 Å². The maximum absolute atomic E-state index is 11.8. The molecule has 1 aliphatic heterocycles. The first-order chi connectivity index (χ1) is 11.4. The summed E-state index contributed by atoms with van der Waals surface area (Å²) < 4.78 is 28.1. The highest BCUT2D eigenvalue weighted by Gasteiger charge is 2.29. The average molecular weight is 354 g/mol. The van der Waals surface area contributed by atoms with Gasteiger partial charge in [0.05, 0.1) is 24.3 Å². The summed E-state index contributed by atoms with van der Waals surface area (Å²) in [7, 11) is -2.98. The molecule has 1 fully saturated rings. The Morgan fingerprint density at radius 1 is 1.50 bits per heavy atom. The first kappa shape index (κ1) is 18.3. The zero-order valence-electron chi connectivity index (χ0n) is 13.6. The van der Waals surface area contributed by atoms with Crippen molar-refractivity contribution in [1.82, 2.24) is 5.43 Å². The molecule has 1 aromatic carbocycles. The van der Waals surface area contributed by atoms with Crippen LogP contribution in [0.3, 0.4) is 0 Å². The van der Waals surface area contributed by atoms with E-state index in [-0.39, 0.29) is 35.5 Å². The number of benzene rings is 1. The van der Waals surface area contributed by atoms with Gasteiger partial charge in [0.2, 0.25) is 5.91 Å². The number of ether oxygens (including phenoxy) is 1. The summed E-state index contributed by atoms with van der Waals surface area (Å²) in [6.07, 6.45) is 2.85. The zero-order chi connectivity index (χ0) is 17.6. The van der Waals surface area contributed by atoms with E-state index in [1.54, 1.807) is 12.1 Å². The second kappa shape index (κ2) is 8.14. The summed E-state index contributed by atoms with van der Waals surface area (Å²) in [4.78, 5) is 11.8. The fourth-order valence-corrected chi connectivity index (χ4v) is 4.32. The molecular formula is C16H22N2O5S. The minimum Gasteiger partial charge on any atom is -0.507 e. The van der Waals surface area contributed by atoms with E-state index in [0.717, 1.165) is 6.42 Å². The van der Waals surface area contributed by atoms with Crippen LogP contribution >= 0.6 is 0 Å². The normalized spacial score (nSPS) is 19.5. The first-order valence-electron chi connectivity index (χ1n) is 7.88. The molecule has 1 atom stereocenters. The summed E-state index contributed by atoms with van der Waals surface area (Å²) in [6, 6.07) is 4.84. The quantitative estimate of drug-likeness (QED) is 0.570. The molecule has 0 aliphatic carbocycles. The van der Waals surface area contributed by atoms with Gasteiger partial charge in [-0.1, -0.05) is 6.92 Å². The van der Waals surface area contributed by atoms with Gasteiger partial charge in [0.15, 0.2) is 9.84 Å². The molecule has 0 bridgehead atoms. The van der Waals surface area contributed by atoms with Gasteiger partial charge in [0.1, 0.15) is 11.5 Å². The number of hydrazone groups is 1. The Bertz CT molecular complexity index is 715. The highest BCUT2D eigenvalue weighted by molar-refractivity contribution is 7.91. The molecule has 132 valence electrons. The molecule has 1 aliphatic rings. The summed E-state index contributed by atoms with van der Waals surface area (Å²) in [6.45, 7) is 2.56. The number of sulfone groups is 1. The van der Waals surface area contributed by atoms with E-state index in [0.29, 0.717) is 24.3 Å². The van der Waals surface area contributed by atoms with Crippen LogP contribution in [0.4, 0.5) is 0 Å². The molecular weight excluding hydrogens is 332 g/mol. The standard InChI is InChI=1S/C16H22N2O5S/c1-2-6-23-14-4-3-13(15(19)9-14)10-17-18-16(20)8-12-5-7-24(21,22)11-12/h3-4,9-10,12,19H,2,5-8,11H2,1H3,(H,18,20)/b17-10+/t12-/m0/s1. The van der Waals surface area contributed by atoms with Crippen LogP contribution in [0.1, 0.15) is 31.7 Å². The fourth-order valence-electron chi connectivity index (χ4n) is 2.46. The third-order valence-electron chi connectivity index (χ3n) is 3.67. The highest BCUT2D eigenvalue weighted by Crippen LogP contribution is 2.23. The molecule has 1 aromatic rings. The molecule has 0 saturated carbocycles. The van der Waals surface area contributed by atoms with Crippen molar-refractivity contribution in [3.05, 3.63) is 23.8 Å². The topological polar surface area (TPSA) is 105 Å². The SMILES string of the molecule is CCCOc1ccc(/C=N/NC(=O)C[C@@H]2CCS(=O)(=O)C2)c(O)c1. The van der Waals surface area contributed by atoms with E-state index < -0.39 is 9.84 Å². The van der Waals surface area contributed by atoms with E-state index >= 15 is 0 Å². The molecule has 2 N–H and O–H groups in total. The summed E-state index contributed by atoms with van der Waals surface area (Å²) in [5.41, 5.74) is 2.80. The number of aromatic hydroxyl groups is 1. The van der Waals surface area contributed by atoms with Gasteiger partial charge in [-0.25, -0.2) is 13.8 Å². The summed E-state index contributed by atoms with van der Waals surface area (Å²) in [5.74, 6) is 0.296. The largest absolute Gasteiger partial charge is 0.507 e. The third-order valence-corrected chi connectivity index (χ3v) is 5.51. The molecule has 24 heavy (non-hydrogen) atoms. The van der Waals surface area contributed by atoms with Crippen molar-refractivity contribution in [3.63, 3.8) is 0 Å². The Hall–Kier alpha value is -2.09. The molecule has 8 heteroatoms. The van der Waals surface area contributed by atoms with Crippen LogP contribution in [0.2, 0.25) is 0 Å². The Labute approximate surface area is 141 Å². The number of hydrogen-bond acceptors (Lipinski definition) is 6. The van der Waals surface area contributed by atoms with Gasteiger partial charge in [-0.2, -0.15) is 5.10 Å². The highest BCUT2D eigenvalue weighted by atomic mass is 32.2. The number of phenols is 1. The fraction of sp³-hybridized carbons (Fsp3) is 0.500. The average Bonchev–Trinajstić information content (AvgIpc) is 2.85. The van der Waals surface area contributed by atoms with Gasteiger partial charge in [0, 0.05) is 18.1 Å². The number of nitrogens with one attached hydrogen (secondary N) is 1. The van der Waals surface area contributed by atoms with Crippen molar-refractivity contribution < 1.29 is 23.1 Å². The molecule has 1 amide bonds. The second-order valence-corrected chi connectivity index (χ2v) is 8.06. The number of nitrogens with zero attached hydrogens (tertiary/aromatic N) is 1. The third kappa shape index (κ3) is 5.52. The number of phenolic OH excluding ortho intramolecular Hbond substituents is 1. The molecule has 0 unspecified atom stereocenters. The van der Waals surface area contributed by atoms with Gasteiger partial charge in [0.25, 0.3) is 0 Å². The van der Waals surface area contributed by atoms with Crippen LogP contribution in [0.25, 0.3) is 0 Å². The van der Waals surface area contributed by atoms with Crippen molar-refractivity contribution in [2.75, 3.05) is 18.1 Å². The van der Waals surface area contributed by atoms with E-state index in [9.17, 15) is 18.3 Å². The molecule has 1 heterocycles. The van der Waals surface area contributed by atoms with Crippen molar-refractivity contribution in [3.8, 4) is 11.5 Å². The first-order valence-corrected chi connectivity index (χ1v) is 9.70. The van der Waals surface area contributed by atoms with E-state index in [2.05, 4.69) is 10.5 Å². The minimum atomic E-state index is -2.98. The molecule has 7 nitrogen and oxygen atoms in total. The van der Waals surface area contributed by atoms with Crippen molar-refractivity contribution >= 4 is 22.0 Å². The summed E-state index contributed by atoms with van der Waals surface area (Å²) >= 11 is 0. The van der Waals surface area contributed by atoms with Gasteiger partial charge in [-0.15, -0.1) is 0 Å². The number of hydrogen-bond donors (Lipinski definition) is 2. The predicted octanol–water partition coefficient (Wildman–Crippen LogP) is 1.46. The van der Waals surface area contributed by atoms with Gasteiger partial charge < -0.3 is 9.84 Å². The van der Waals surface area contributed by atoms with E-state index in [1.807, 2.05) is 6.92 Å². The lowest BCUT2D eigenvalue weighted by atomic mass is 10.1. The number of carbonyl (C=O) groups excluding carboxylic acids is 1. The number of rotatable bonds is 7. The predicted molar refractivity (Wildman–Crippen MR) is 91.0 cm³/mol. The Kier molecular flexibility index (Phi) is 6.19. The molecule has 0 radical (unpaired) electrons. The zero-order valence-corrected chi connectivity index (χ0v) is 14.4. The molecule has 2 rings (SSSR count). The Morgan fingerprint density at radius 2 is 2.29 bits per heavy atom. The minimum absolute atomic E-state index is 0.00323. The lowest BCUT2D eigenvalue weighted by Gasteiger charge is -2.07. The maximum Gasteiger partial charge on any atom is 0.240 e. The molecule has 0 spiro atoms. The smallest absolute Gasteiger partial charge is 0.240 e. The monoisotopic (exact) mass is 354 g/mol. The maximum atomic E-state index is 11.8. The van der Waals surface area contributed by atoms with Crippen LogP contribution in [-0.2, 0) is 14.6 Å². The van der Waals surface area contributed by atoms with Gasteiger partial charge in [-0.05, 0) is 30.9 Å². The van der Waals surface area contributed by atoms with Crippen LogP contribution in [0.15, 0.2) is 23.3 Å². The second-order valence-electron chi connectivity index (χ2n) is 5.84. The van der Waals surface area contributed by atoms with Gasteiger partial charge >= 0.3 is 0 Å². The van der Waals surface area contributed by atoms with E-state index in [1.165, 1.54) is 12.3 Å². The molecule has 1 saturated heterocycles.